The van der Waals surface area contributed by atoms with E-state index in [0.29, 0.717) is 0 Å². The number of ether oxygens (including phenoxy) is 1. The van der Waals surface area contributed by atoms with E-state index in [9.17, 15) is 39.9 Å². The molecule has 0 fully saturated rings. The Balaban J connectivity index is 2.12. The summed E-state index contributed by atoms with van der Waals surface area (Å²) < 4.78 is 108. The number of imidazole rings is 1. The lowest BCUT2D eigenvalue weighted by Gasteiger charge is -2.32. The van der Waals surface area contributed by atoms with Crippen LogP contribution in [0, 0.1) is 0 Å². The van der Waals surface area contributed by atoms with Crippen LogP contribution in [0.25, 0.3) is 5.69 Å². The molecule has 0 radical (unpaired) electrons. The van der Waals surface area contributed by atoms with Crippen LogP contribution in [0.3, 0.4) is 0 Å². The van der Waals surface area contributed by atoms with E-state index in [4.69, 9.17) is 0 Å². The Morgan fingerprint density at radius 3 is 2.08 bits per heavy atom. The second kappa shape index (κ2) is 6.65. The number of hydrogen-bond donors (Lipinski definition) is 1. The van der Waals surface area contributed by atoms with Gasteiger partial charge in [-0.15, -0.1) is 0 Å². The summed E-state index contributed by atoms with van der Waals surface area (Å²) >= 11 is 0. The first-order valence-electron chi connectivity index (χ1n) is 6.81. The highest BCUT2D eigenvalue weighted by molar-refractivity contribution is 5.37. The summed E-state index contributed by atoms with van der Waals surface area (Å²) in [4.78, 5) is 13.7. The number of nitrogens with zero attached hydrogens (tertiary/aromatic N) is 1. The third-order valence-corrected chi connectivity index (χ3v) is 3.34. The maximum absolute atomic E-state index is 13.4. The lowest BCUT2D eigenvalue weighted by atomic mass is 10.1. The molecule has 0 aliphatic heterocycles. The van der Waals surface area contributed by atoms with Crippen molar-refractivity contribution in [3.63, 3.8) is 0 Å². The molecule has 0 bridgehead atoms. The Morgan fingerprint density at radius 2 is 1.62 bits per heavy atom. The van der Waals surface area contributed by atoms with Crippen molar-refractivity contribution in [2.24, 2.45) is 0 Å². The van der Waals surface area contributed by atoms with Crippen LogP contribution in [0.1, 0.15) is 0 Å². The minimum Gasteiger partial charge on any atom is -0.487 e. The minimum absolute atomic E-state index is 0.268. The summed E-state index contributed by atoms with van der Waals surface area (Å²) in [5.41, 5.74) is -0.246. The first-order chi connectivity index (χ1) is 11.9. The average Bonchev–Trinajstić information content (AvgIpc) is 2.99. The zero-order chi connectivity index (χ0) is 19.8. The number of rotatable bonds is 7. The fourth-order valence-electron chi connectivity index (χ4n) is 1.87. The van der Waals surface area contributed by atoms with E-state index in [1.54, 1.807) is 0 Å². The predicted octanol–water partition coefficient (Wildman–Crippen LogP) is 3.72. The highest BCUT2D eigenvalue weighted by atomic mass is 19.4. The third-order valence-electron chi connectivity index (χ3n) is 3.34. The van der Waals surface area contributed by atoms with Gasteiger partial charge >= 0.3 is 29.9 Å². The van der Waals surface area contributed by atoms with Crippen LogP contribution in [0.2, 0.25) is 0 Å². The van der Waals surface area contributed by atoms with Crippen molar-refractivity contribution in [3.8, 4) is 11.4 Å². The van der Waals surface area contributed by atoms with E-state index in [-0.39, 0.29) is 5.69 Å². The van der Waals surface area contributed by atoms with Crippen molar-refractivity contribution in [1.29, 1.82) is 0 Å². The first kappa shape index (κ1) is 19.8. The molecule has 0 spiro atoms. The Bertz CT molecular complexity index is 798. The molecule has 0 aliphatic rings. The number of hydrogen-bond acceptors (Lipinski definition) is 2. The number of nitrogens with one attached hydrogen (secondary N) is 1. The van der Waals surface area contributed by atoms with E-state index < -0.39 is 42.2 Å². The number of aromatic nitrogens is 2. The Hall–Kier alpha value is -2.53. The fraction of sp³-hybridized carbons (Fsp3) is 0.357. The first-order valence-corrected chi connectivity index (χ1v) is 6.81. The molecule has 1 heterocycles. The van der Waals surface area contributed by atoms with Crippen molar-refractivity contribution >= 4 is 0 Å². The zero-order valence-corrected chi connectivity index (χ0v) is 12.5. The maximum atomic E-state index is 13.4. The summed E-state index contributed by atoms with van der Waals surface area (Å²) in [5.74, 6) is -18.6. The van der Waals surface area contributed by atoms with Crippen LogP contribution in [-0.4, -0.2) is 40.4 Å². The van der Waals surface area contributed by atoms with Crippen molar-refractivity contribution in [1.82, 2.24) is 9.55 Å². The van der Waals surface area contributed by atoms with Crippen LogP contribution in [0.15, 0.2) is 41.5 Å². The van der Waals surface area contributed by atoms with E-state index in [0.717, 1.165) is 16.7 Å². The van der Waals surface area contributed by atoms with E-state index in [1.807, 2.05) is 0 Å². The Labute approximate surface area is 140 Å². The Morgan fingerprint density at radius 1 is 1.04 bits per heavy atom. The van der Waals surface area contributed by atoms with Gasteiger partial charge in [-0.1, -0.05) is 0 Å². The van der Waals surface area contributed by atoms with Gasteiger partial charge in [-0.25, -0.2) is 13.6 Å². The van der Waals surface area contributed by atoms with Gasteiger partial charge in [0, 0.05) is 12.4 Å². The van der Waals surface area contributed by atoms with Crippen LogP contribution in [-0.2, 0) is 0 Å². The molecule has 0 saturated carbocycles. The van der Waals surface area contributed by atoms with Crippen LogP contribution >= 0.6 is 0 Å². The number of H-pyrrole nitrogens is 1. The molecule has 144 valence electrons. The van der Waals surface area contributed by atoms with Crippen molar-refractivity contribution < 1.29 is 39.9 Å². The lowest BCUT2D eigenvalue weighted by molar-refractivity contribution is -0.342. The standard InChI is InChI=1S/C14H10F8N2O2/c15-10(16)13(19,20)14(21,22)12(17,18)7-26-9-3-1-8(2-4-9)24-6-5-23-11(24)25/h1-6,10H,7H2,(H,23,25). The second-order valence-corrected chi connectivity index (χ2v) is 5.12. The topological polar surface area (TPSA) is 47.0 Å². The number of aromatic amines is 1. The smallest absolute Gasteiger partial charge is 0.381 e. The van der Waals surface area contributed by atoms with Gasteiger partial charge < -0.3 is 9.72 Å². The zero-order valence-electron chi connectivity index (χ0n) is 12.5. The van der Waals surface area contributed by atoms with E-state index >= 15 is 0 Å². The minimum atomic E-state index is -6.33. The van der Waals surface area contributed by atoms with Crippen LogP contribution in [0.4, 0.5) is 35.1 Å². The van der Waals surface area contributed by atoms with Crippen LogP contribution < -0.4 is 10.4 Å². The molecule has 1 N–H and O–H groups in total. The SMILES string of the molecule is O=c1[nH]ccn1-c1ccc(OCC(F)(F)C(F)(F)C(F)(F)C(F)F)cc1. The van der Waals surface area contributed by atoms with Crippen molar-refractivity contribution in [2.45, 2.75) is 24.2 Å². The molecule has 12 heteroatoms. The van der Waals surface area contributed by atoms with E-state index in [2.05, 4.69) is 9.72 Å². The number of halogens is 8. The molecular weight excluding hydrogens is 380 g/mol. The van der Waals surface area contributed by atoms with Gasteiger partial charge in [0.15, 0.2) is 6.61 Å². The van der Waals surface area contributed by atoms with Gasteiger partial charge in [0.05, 0.1) is 5.69 Å². The monoisotopic (exact) mass is 390 g/mol. The van der Waals surface area contributed by atoms with E-state index in [1.165, 1.54) is 24.5 Å². The third kappa shape index (κ3) is 3.40. The molecule has 1 aromatic heterocycles. The maximum Gasteiger partial charge on any atom is 0.381 e. The molecule has 1 aromatic carbocycles. The summed E-state index contributed by atoms with van der Waals surface area (Å²) in [5, 5.41) is 0. The molecule has 0 saturated heterocycles. The largest absolute Gasteiger partial charge is 0.487 e. The van der Waals surface area contributed by atoms with Gasteiger partial charge in [-0.05, 0) is 24.3 Å². The Kier molecular flexibility index (Phi) is 5.06. The van der Waals surface area contributed by atoms with Gasteiger partial charge in [-0.3, -0.25) is 4.57 Å². The quantitative estimate of drug-likeness (QED) is 0.733. The van der Waals surface area contributed by atoms with Crippen LogP contribution in [0.5, 0.6) is 5.75 Å². The molecule has 0 unspecified atom stereocenters. The summed E-state index contributed by atoms with van der Waals surface area (Å²) in [6.45, 7) is -2.26. The lowest BCUT2D eigenvalue weighted by Crippen LogP contribution is -2.59. The van der Waals surface area contributed by atoms with Gasteiger partial charge in [0.2, 0.25) is 0 Å². The second-order valence-electron chi connectivity index (χ2n) is 5.12. The van der Waals surface area contributed by atoms with Crippen molar-refractivity contribution in [3.05, 3.63) is 47.1 Å². The van der Waals surface area contributed by atoms with Gasteiger partial charge in [0.25, 0.3) is 0 Å². The molecule has 0 amide bonds. The molecule has 4 nitrogen and oxygen atoms in total. The number of benzene rings is 1. The highest BCUT2D eigenvalue weighted by Crippen LogP contribution is 2.48. The molecule has 2 rings (SSSR count). The predicted molar refractivity (Wildman–Crippen MR) is 72.7 cm³/mol. The average molecular weight is 390 g/mol. The molecule has 2 aromatic rings. The molecule has 0 aliphatic carbocycles. The molecular formula is C14H10F8N2O2. The fourth-order valence-corrected chi connectivity index (χ4v) is 1.87. The molecule has 26 heavy (non-hydrogen) atoms. The summed E-state index contributed by atoms with van der Waals surface area (Å²) in [7, 11) is 0. The highest BCUT2D eigenvalue weighted by Gasteiger charge is 2.75. The summed E-state index contributed by atoms with van der Waals surface area (Å²) in [6, 6.07) is 4.42. The van der Waals surface area contributed by atoms with Gasteiger partial charge in [0.1, 0.15) is 5.75 Å². The normalized spacial score (nSPS) is 13.3. The summed E-state index contributed by atoms with van der Waals surface area (Å²) in [6.07, 6.45) is -2.32. The van der Waals surface area contributed by atoms with Gasteiger partial charge in [-0.2, -0.15) is 26.3 Å². The number of alkyl halides is 8. The van der Waals surface area contributed by atoms with Crippen molar-refractivity contribution in [2.75, 3.05) is 6.61 Å². The molecule has 0 atom stereocenters.